The van der Waals surface area contributed by atoms with Gasteiger partial charge in [-0.1, -0.05) is 186 Å². The Bertz CT molecular complexity index is 813. The van der Waals surface area contributed by atoms with E-state index in [1.54, 1.807) is 0 Å². The molecule has 0 aromatic rings. The third-order valence-corrected chi connectivity index (χ3v) is 10.3. The van der Waals surface area contributed by atoms with E-state index in [9.17, 15) is 19.8 Å². The zero-order chi connectivity index (χ0) is 38.0. The Kier molecular flexibility index (Phi) is 40.7. The zero-order valence-corrected chi connectivity index (χ0v) is 34.5. The van der Waals surface area contributed by atoms with Crippen molar-refractivity contribution in [2.75, 3.05) is 13.2 Å². The van der Waals surface area contributed by atoms with Crippen molar-refractivity contribution in [3.05, 3.63) is 24.3 Å². The summed E-state index contributed by atoms with van der Waals surface area (Å²) in [5.41, 5.74) is 0. The van der Waals surface area contributed by atoms with Crippen molar-refractivity contribution >= 4 is 11.9 Å². The lowest BCUT2D eigenvalue weighted by Gasteiger charge is -2.22. The highest BCUT2D eigenvalue weighted by atomic mass is 16.5. The molecule has 0 fully saturated rings. The standard InChI is InChI=1S/C46H87NO5/c1-3-5-7-9-11-13-15-16-17-18-20-24-28-32-36-40-46(51)52-41-37-33-29-25-21-23-27-31-35-39-45(50)47-43(42-48)44(49)38-34-30-26-22-19-14-12-10-8-6-4-2/h11,13,16-17,43-44,48-49H,3-10,12,14-15,18-42H2,1-2H3,(H,47,50)/b13-11-,17-16-. The lowest BCUT2D eigenvalue weighted by Crippen LogP contribution is -2.45. The second-order valence-electron chi connectivity index (χ2n) is 15.4. The van der Waals surface area contributed by atoms with Gasteiger partial charge < -0.3 is 20.3 Å². The van der Waals surface area contributed by atoms with Crippen LogP contribution in [0.15, 0.2) is 24.3 Å². The van der Waals surface area contributed by atoms with E-state index in [1.165, 1.54) is 128 Å². The van der Waals surface area contributed by atoms with Crippen molar-refractivity contribution < 1.29 is 24.5 Å². The molecule has 0 aliphatic heterocycles. The molecule has 0 aromatic heterocycles. The number of hydrogen-bond acceptors (Lipinski definition) is 5. The molecule has 0 aliphatic carbocycles. The molecule has 0 aliphatic rings. The average molecular weight is 734 g/mol. The fraction of sp³-hybridized carbons (Fsp3) is 0.870. The first kappa shape index (κ1) is 50.3. The van der Waals surface area contributed by atoms with E-state index in [0.29, 0.717) is 25.9 Å². The van der Waals surface area contributed by atoms with Gasteiger partial charge >= 0.3 is 5.97 Å². The number of nitrogens with one attached hydrogen (secondary N) is 1. The highest BCUT2D eigenvalue weighted by Gasteiger charge is 2.20. The quantitative estimate of drug-likeness (QED) is 0.0330. The zero-order valence-electron chi connectivity index (χ0n) is 34.5. The van der Waals surface area contributed by atoms with Crippen LogP contribution in [0.4, 0.5) is 0 Å². The molecular weight excluding hydrogens is 647 g/mol. The summed E-state index contributed by atoms with van der Waals surface area (Å²) in [5.74, 6) is -0.106. The van der Waals surface area contributed by atoms with Crippen LogP contribution in [0, 0.1) is 0 Å². The van der Waals surface area contributed by atoms with Crippen molar-refractivity contribution in [2.24, 2.45) is 0 Å². The van der Waals surface area contributed by atoms with Gasteiger partial charge in [0.15, 0.2) is 0 Å². The number of aliphatic hydroxyl groups excluding tert-OH is 2. The molecule has 0 rings (SSSR count). The smallest absolute Gasteiger partial charge is 0.305 e. The van der Waals surface area contributed by atoms with Crippen LogP contribution in [0.3, 0.4) is 0 Å². The number of esters is 1. The number of rotatable bonds is 41. The van der Waals surface area contributed by atoms with Gasteiger partial charge in [0, 0.05) is 12.8 Å². The minimum absolute atomic E-state index is 0.0398. The first-order valence-corrected chi connectivity index (χ1v) is 22.6. The van der Waals surface area contributed by atoms with Crippen LogP contribution in [0.1, 0.15) is 232 Å². The Labute approximate surface area is 322 Å². The number of allylic oxidation sites excluding steroid dienone is 4. The van der Waals surface area contributed by atoms with Gasteiger partial charge in [0.25, 0.3) is 0 Å². The van der Waals surface area contributed by atoms with Crippen molar-refractivity contribution in [1.82, 2.24) is 5.32 Å². The van der Waals surface area contributed by atoms with E-state index in [-0.39, 0.29) is 18.5 Å². The van der Waals surface area contributed by atoms with Gasteiger partial charge in [-0.15, -0.1) is 0 Å². The first-order valence-electron chi connectivity index (χ1n) is 22.6. The Hall–Kier alpha value is -1.66. The Morgan fingerprint density at radius 3 is 1.50 bits per heavy atom. The van der Waals surface area contributed by atoms with E-state index in [4.69, 9.17) is 4.74 Å². The van der Waals surface area contributed by atoms with Crippen molar-refractivity contribution in [3.8, 4) is 0 Å². The Morgan fingerprint density at radius 1 is 0.538 bits per heavy atom. The molecule has 0 radical (unpaired) electrons. The maximum absolute atomic E-state index is 12.4. The molecule has 6 heteroatoms. The maximum Gasteiger partial charge on any atom is 0.305 e. The molecule has 0 saturated carbocycles. The summed E-state index contributed by atoms with van der Waals surface area (Å²) in [7, 11) is 0. The topological polar surface area (TPSA) is 95.9 Å². The summed E-state index contributed by atoms with van der Waals surface area (Å²) in [4.78, 5) is 24.4. The Balaban J connectivity index is 3.51. The van der Waals surface area contributed by atoms with Crippen molar-refractivity contribution in [2.45, 2.75) is 244 Å². The molecule has 2 unspecified atom stereocenters. The van der Waals surface area contributed by atoms with Gasteiger partial charge in [-0.25, -0.2) is 0 Å². The molecule has 3 N–H and O–H groups in total. The number of ether oxygens (including phenoxy) is 1. The largest absolute Gasteiger partial charge is 0.466 e. The maximum atomic E-state index is 12.4. The lowest BCUT2D eigenvalue weighted by atomic mass is 10.0. The highest BCUT2D eigenvalue weighted by Crippen LogP contribution is 2.15. The van der Waals surface area contributed by atoms with Gasteiger partial charge in [-0.05, 0) is 57.8 Å². The van der Waals surface area contributed by atoms with E-state index in [2.05, 4.69) is 43.5 Å². The second kappa shape index (κ2) is 42.1. The predicted molar refractivity (Wildman–Crippen MR) is 223 cm³/mol. The van der Waals surface area contributed by atoms with E-state index in [1.807, 2.05) is 0 Å². The molecule has 0 bridgehead atoms. The van der Waals surface area contributed by atoms with Gasteiger partial charge in [0.05, 0.1) is 25.4 Å². The van der Waals surface area contributed by atoms with Crippen LogP contribution in [0.25, 0.3) is 0 Å². The average Bonchev–Trinajstić information content (AvgIpc) is 3.14. The van der Waals surface area contributed by atoms with Crippen LogP contribution in [-0.2, 0) is 14.3 Å². The summed E-state index contributed by atoms with van der Waals surface area (Å²) in [6, 6.07) is -0.560. The van der Waals surface area contributed by atoms with Crippen LogP contribution in [-0.4, -0.2) is 47.4 Å². The molecule has 0 spiro atoms. The normalized spacial score (nSPS) is 12.9. The number of carbonyl (C=O) groups is 2. The Morgan fingerprint density at radius 2 is 0.962 bits per heavy atom. The van der Waals surface area contributed by atoms with E-state index < -0.39 is 12.1 Å². The number of hydrogen-bond donors (Lipinski definition) is 3. The van der Waals surface area contributed by atoms with E-state index in [0.717, 1.165) is 70.6 Å². The van der Waals surface area contributed by atoms with Gasteiger partial charge in [0.2, 0.25) is 5.91 Å². The van der Waals surface area contributed by atoms with Gasteiger partial charge in [-0.3, -0.25) is 9.59 Å². The van der Waals surface area contributed by atoms with Crippen LogP contribution in [0.2, 0.25) is 0 Å². The van der Waals surface area contributed by atoms with Crippen molar-refractivity contribution in [3.63, 3.8) is 0 Å². The minimum atomic E-state index is -0.680. The third-order valence-electron chi connectivity index (χ3n) is 10.3. The molecule has 0 heterocycles. The molecule has 2 atom stereocenters. The molecular formula is C46H87NO5. The summed E-state index contributed by atoms with van der Waals surface area (Å²) in [5, 5.41) is 23.1. The lowest BCUT2D eigenvalue weighted by molar-refractivity contribution is -0.143. The molecule has 306 valence electrons. The number of aliphatic hydroxyl groups is 2. The van der Waals surface area contributed by atoms with Crippen LogP contribution in [0.5, 0.6) is 0 Å². The third kappa shape index (κ3) is 38.1. The molecule has 0 aromatic carbocycles. The monoisotopic (exact) mass is 734 g/mol. The number of amides is 1. The SMILES string of the molecule is CCCCC/C=C\C/C=C\CCCCCCCC(=O)OCCCCCCCCCCCC(=O)NC(CO)C(O)CCCCCCCCCCCCC. The number of unbranched alkanes of at least 4 members (excludes halogenated alkanes) is 26. The van der Waals surface area contributed by atoms with Gasteiger partial charge in [-0.2, -0.15) is 0 Å². The van der Waals surface area contributed by atoms with Crippen LogP contribution < -0.4 is 5.32 Å². The fourth-order valence-electron chi connectivity index (χ4n) is 6.73. The molecule has 52 heavy (non-hydrogen) atoms. The summed E-state index contributed by atoms with van der Waals surface area (Å²) < 4.78 is 5.43. The predicted octanol–water partition coefficient (Wildman–Crippen LogP) is 12.8. The van der Waals surface area contributed by atoms with E-state index >= 15 is 0 Å². The van der Waals surface area contributed by atoms with Gasteiger partial charge in [0.1, 0.15) is 0 Å². The fourth-order valence-corrected chi connectivity index (χ4v) is 6.73. The second-order valence-corrected chi connectivity index (χ2v) is 15.4. The minimum Gasteiger partial charge on any atom is -0.466 e. The summed E-state index contributed by atoms with van der Waals surface area (Å²) in [6.07, 6.45) is 47.0. The molecule has 1 amide bonds. The molecule has 6 nitrogen and oxygen atoms in total. The van der Waals surface area contributed by atoms with Crippen molar-refractivity contribution in [1.29, 1.82) is 0 Å². The number of carbonyl (C=O) groups excluding carboxylic acids is 2. The summed E-state index contributed by atoms with van der Waals surface area (Å²) in [6.45, 7) is 4.83. The molecule has 0 saturated heterocycles. The first-order chi connectivity index (χ1) is 25.5. The van der Waals surface area contributed by atoms with Crippen LogP contribution >= 0.6 is 0 Å². The highest BCUT2D eigenvalue weighted by molar-refractivity contribution is 5.76. The summed E-state index contributed by atoms with van der Waals surface area (Å²) >= 11 is 0.